The number of nitrogens with one attached hydrogen (secondary N) is 1. The minimum atomic E-state index is -0.514. The first-order valence-corrected chi connectivity index (χ1v) is 9.96. The van der Waals surface area contributed by atoms with Crippen LogP contribution in [0.3, 0.4) is 0 Å². The monoisotopic (exact) mass is 411 g/mol. The molecule has 0 bridgehead atoms. The molecule has 1 aliphatic heterocycles. The van der Waals surface area contributed by atoms with Crippen molar-refractivity contribution >= 4 is 39.9 Å². The van der Waals surface area contributed by atoms with Gasteiger partial charge < -0.3 is 14.5 Å². The Balaban J connectivity index is 1.77. The number of benzene rings is 2. The van der Waals surface area contributed by atoms with Crippen molar-refractivity contribution in [1.82, 2.24) is 0 Å². The third-order valence-electron chi connectivity index (χ3n) is 5.63. The lowest BCUT2D eigenvalue weighted by molar-refractivity contribution is 0.0503. The Morgan fingerprint density at radius 3 is 2.72 bits per heavy atom. The van der Waals surface area contributed by atoms with Gasteiger partial charge >= 0.3 is 0 Å². The summed E-state index contributed by atoms with van der Waals surface area (Å²) in [7, 11) is 0. The van der Waals surface area contributed by atoms with E-state index >= 15 is 0 Å². The predicted octanol–water partition coefficient (Wildman–Crippen LogP) is 6.09. The van der Waals surface area contributed by atoms with Crippen molar-refractivity contribution in [3.05, 3.63) is 57.8 Å². The number of carbonyl (C=O) groups is 2. The molecule has 1 amide bonds. The first-order chi connectivity index (χ1) is 13.7. The van der Waals surface area contributed by atoms with Crippen molar-refractivity contribution in [1.29, 1.82) is 0 Å². The highest BCUT2D eigenvalue weighted by Gasteiger charge is 2.37. The zero-order valence-corrected chi connectivity index (χ0v) is 17.6. The van der Waals surface area contributed by atoms with E-state index in [1.807, 2.05) is 26.8 Å². The van der Waals surface area contributed by atoms with E-state index in [0.29, 0.717) is 45.0 Å². The molecule has 6 heteroatoms. The van der Waals surface area contributed by atoms with Gasteiger partial charge in [-0.15, -0.1) is 0 Å². The fraction of sp³-hybridized carbons (Fsp3) is 0.304. The number of ketones is 1. The fourth-order valence-electron chi connectivity index (χ4n) is 3.74. The Morgan fingerprint density at radius 2 is 2.00 bits per heavy atom. The van der Waals surface area contributed by atoms with Crippen LogP contribution in [-0.4, -0.2) is 17.3 Å². The predicted molar refractivity (Wildman–Crippen MR) is 113 cm³/mol. The van der Waals surface area contributed by atoms with E-state index in [-0.39, 0.29) is 17.5 Å². The molecule has 0 spiro atoms. The normalized spacial score (nSPS) is 18.4. The van der Waals surface area contributed by atoms with Gasteiger partial charge in [-0.2, -0.15) is 0 Å². The molecular formula is C23H22ClNO4. The number of carbonyl (C=O) groups excluding carboxylic acids is 2. The van der Waals surface area contributed by atoms with E-state index in [9.17, 15) is 9.59 Å². The average molecular weight is 412 g/mol. The van der Waals surface area contributed by atoms with Gasteiger partial charge in [0.15, 0.2) is 11.5 Å². The fourth-order valence-corrected chi connectivity index (χ4v) is 3.91. The summed E-state index contributed by atoms with van der Waals surface area (Å²) in [5.41, 5.74) is 2.59. The van der Waals surface area contributed by atoms with E-state index in [2.05, 4.69) is 5.32 Å². The van der Waals surface area contributed by atoms with Crippen LogP contribution < -0.4 is 10.1 Å². The molecule has 0 aliphatic carbocycles. The largest absolute Gasteiger partial charge is 0.486 e. The van der Waals surface area contributed by atoms with Crippen LogP contribution in [0.4, 0.5) is 5.69 Å². The van der Waals surface area contributed by atoms with Crippen LogP contribution in [0.15, 0.2) is 34.7 Å². The van der Waals surface area contributed by atoms with Gasteiger partial charge in [-0.3, -0.25) is 9.59 Å². The van der Waals surface area contributed by atoms with Gasteiger partial charge in [-0.1, -0.05) is 24.6 Å². The van der Waals surface area contributed by atoms with E-state index in [1.165, 1.54) is 0 Å². The summed E-state index contributed by atoms with van der Waals surface area (Å²) < 4.78 is 12.0. The van der Waals surface area contributed by atoms with Gasteiger partial charge in [0.05, 0.1) is 12.0 Å². The van der Waals surface area contributed by atoms with Gasteiger partial charge in [0, 0.05) is 21.7 Å². The van der Waals surface area contributed by atoms with E-state index in [4.69, 9.17) is 20.8 Å². The lowest BCUT2D eigenvalue weighted by Crippen LogP contribution is -2.38. The zero-order valence-electron chi connectivity index (χ0n) is 16.8. The third-order valence-corrected chi connectivity index (χ3v) is 5.86. The van der Waals surface area contributed by atoms with E-state index in [0.717, 1.165) is 12.0 Å². The van der Waals surface area contributed by atoms with Crippen LogP contribution in [0.1, 0.15) is 58.7 Å². The summed E-state index contributed by atoms with van der Waals surface area (Å²) >= 11 is 6.05. The molecule has 1 aliphatic rings. The highest BCUT2D eigenvalue weighted by Crippen LogP contribution is 2.41. The molecule has 29 heavy (non-hydrogen) atoms. The summed E-state index contributed by atoms with van der Waals surface area (Å²) in [6, 6.07) is 8.78. The number of amides is 1. The summed E-state index contributed by atoms with van der Waals surface area (Å²) in [6.07, 6.45) is 1.02. The summed E-state index contributed by atoms with van der Waals surface area (Å²) in [4.78, 5) is 25.8. The molecular weight excluding hydrogens is 390 g/mol. The number of hydrogen-bond acceptors (Lipinski definition) is 4. The summed E-state index contributed by atoms with van der Waals surface area (Å²) in [5, 5.41) is 4.02. The number of furan rings is 1. The molecule has 0 unspecified atom stereocenters. The lowest BCUT2D eigenvalue weighted by atomic mass is 9.87. The van der Waals surface area contributed by atoms with Crippen LogP contribution in [0.2, 0.25) is 5.02 Å². The molecule has 0 fully saturated rings. The first-order valence-electron chi connectivity index (χ1n) is 9.58. The topological polar surface area (TPSA) is 68.5 Å². The minimum absolute atomic E-state index is 0.00254. The third kappa shape index (κ3) is 3.29. The van der Waals surface area contributed by atoms with Gasteiger partial charge in [-0.25, -0.2) is 0 Å². The van der Waals surface area contributed by atoms with Crippen LogP contribution in [0.5, 0.6) is 5.75 Å². The van der Waals surface area contributed by atoms with E-state index < -0.39 is 5.60 Å². The average Bonchev–Trinajstić information content (AvgIpc) is 3.01. The second-order valence-corrected chi connectivity index (χ2v) is 8.22. The molecule has 3 aromatic rings. The Hall–Kier alpha value is -2.79. The number of rotatable bonds is 3. The van der Waals surface area contributed by atoms with Crippen LogP contribution >= 0.6 is 11.6 Å². The zero-order chi connectivity index (χ0) is 20.9. The van der Waals surface area contributed by atoms with Crippen LogP contribution in [0, 0.1) is 13.8 Å². The summed E-state index contributed by atoms with van der Waals surface area (Å²) in [5.74, 6) is 0.326. The highest BCUT2D eigenvalue weighted by molar-refractivity contribution is 6.31. The van der Waals surface area contributed by atoms with E-state index in [1.54, 1.807) is 31.2 Å². The quantitative estimate of drug-likeness (QED) is 0.566. The maximum Gasteiger partial charge on any atom is 0.291 e. The van der Waals surface area contributed by atoms with Crippen LogP contribution in [-0.2, 0) is 0 Å². The molecule has 4 rings (SSSR count). The van der Waals surface area contributed by atoms with Gasteiger partial charge in [0.2, 0.25) is 0 Å². The number of ether oxygens (including phenoxy) is 1. The number of Topliss-reactive ketones (excluding diaryl/α,β-unsaturated/α-hetero) is 1. The lowest BCUT2D eigenvalue weighted by Gasteiger charge is -2.34. The molecule has 1 N–H and O–H groups in total. The number of aryl methyl sites for hydroxylation is 2. The van der Waals surface area contributed by atoms with Crippen molar-refractivity contribution < 1.29 is 18.7 Å². The number of fused-ring (bicyclic) bond motifs is 3. The van der Waals surface area contributed by atoms with Crippen molar-refractivity contribution in [2.45, 2.75) is 46.1 Å². The number of anilines is 1. The van der Waals surface area contributed by atoms with Crippen molar-refractivity contribution in [2.24, 2.45) is 0 Å². The Morgan fingerprint density at radius 1 is 1.24 bits per heavy atom. The Labute approximate surface area is 174 Å². The van der Waals surface area contributed by atoms with Crippen molar-refractivity contribution in [3.8, 4) is 5.75 Å². The standard InChI is InChI=1S/C23H22ClNO4/c1-5-23(4)11-16(26)20-18(29-23)9-8-17-19(20)13(3)21(28-17)22(27)25-15-10-14(24)7-6-12(15)2/h6-10H,5,11H2,1-4H3,(H,25,27)/t23-/m1/s1. The molecule has 0 saturated heterocycles. The first kappa shape index (κ1) is 19.5. The maximum absolute atomic E-state index is 12.9. The maximum atomic E-state index is 12.9. The second-order valence-electron chi connectivity index (χ2n) is 7.79. The molecule has 5 nitrogen and oxygen atoms in total. The molecule has 2 heterocycles. The molecule has 150 valence electrons. The molecule has 0 radical (unpaired) electrons. The van der Waals surface area contributed by atoms with Gasteiger partial charge in [-0.05, 0) is 57.0 Å². The Kier molecular flexibility index (Phi) is 4.66. The molecule has 1 aromatic heterocycles. The van der Waals surface area contributed by atoms with Crippen molar-refractivity contribution in [2.75, 3.05) is 5.32 Å². The number of hydrogen-bond donors (Lipinski definition) is 1. The molecule has 1 atom stereocenters. The van der Waals surface area contributed by atoms with Gasteiger partial charge in [0.1, 0.15) is 16.9 Å². The molecule has 0 saturated carbocycles. The summed E-state index contributed by atoms with van der Waals surface area (Å²) in [6.45, 7) is 7.61. The smallest absolute Gasteiger partial charge is 0.291 e. The van der Waals surface area contributed by atoms with Crippen LogP contribution in [0.25, 0.3) is 11.0 Å². The number of halogens is 1. The second kappa shape index (κ2) is 6.92. The SMILES string of the molecule is CC[C@]1(C)CC(=O)c2c(ccc3oc(C(=O)Nc4cc(Cl)ccc4C)c(C)c23)O1. The highest BCUT2D eigenvalue weighted by atomic mass is 35.5. The van der Waals surface area contributed by atoms with Gasteiger partial charge in [0.25, 0.3) is 5.91 Å². The minimum Gasteiger partial charge on any atom is -0.486 e. The molecule has 2 aromatic carbocycles. The van der Waals surface area contributed by atoms with Crippen molar-refractivity contribution in [3.63, 3.8) is 0 Å². The Bertz CT molecular complexity index is 1160.